The number of rotatable bonds is 0. The molecule has 5 rings (SSSR count). The van der Waals surface area contributed by atoms with Gasteiger partial charge in [0.2, 0.25) is 0 Å². The Bertz CT molecular complexity index is 1450. The second-order valence-electron chi connectivity index (χ2n) is 6.25. The van der Waals surface area contributed by atoms with E-state index in [0.717, 1.165) is 52.6 Å². The third-order valence-electron chi connectivity index (χ3n) is 4.86. The molecule has 26 heavy (non-hydrogen) atoms. The van der Waals surface area contributed by atoms with Gasteiger partial charge in [-0.25, -0.2) is 0 Å². The molecule has 0 saturated carbocycles. The maximum absolute atomic E-state index is 5.78. The first-order chi connectivity index (χ1) is 12.1. The fourth-order valence-corrected chi connectivity index (χ4v) is 4.25. The van der Waals surface area contributed by atoms with Gasteiger partial charge in [-0.15, -0.1) is 11.0 Å². The van der Waals surface area contributed by atoms with Crippen molar-refractivity contribution in [3.05, 3.63) is 69.7 Å². The van der Waals surface area contributed by atoms with Crippen LogP contribution >= 0.6 is 24.4 Å². The molecule has 0 aliphatic heterocycles. The van der Waals surface area contributed by atoms with Gasteiger partial charge in [-0.3, -0.25) is 0 Å². The number of fused-ring (bicyclic) bond motifs is 4. The quantitative estimate of drug-likeness (QED) is 0.213. The number of benzene rings is 3. The van der Waals surface area contributed by atoms with Gasteiger partial charge in [0.1, 0.15) is 0 Å². The van der Waals surface area contributed by atoms with Crippen LogP contribution in [0.4, 0.5) is 0 Å². The predicted molar refractivity (Wildman–Crippen MR) is 110 cm³/mol. The van der Waals surface area contributed by atoms with Crippen molar-refractivity contribution in [3.8, 4) is 0 Å². The maximum atomic E-state index is 5.78. The molecule has 2 nitrogen and oxygen atoms in total. The van der Waals surface area contributed by atoms with Crippen molar-refractivity contribution in [1.82, 2.24) is 9.55 Å². The number of pyridine rings is 2. The minimum Gasteiger partial charge on any atom is -0.657 e. The van der Waals surface area contributed by atoms with Crippen LogP contribution in [0.15, 0.2) is 60.7 Å². The smallest absolute Gasteiger partial charge is 0.0563 e. The topological polar surface area (TPSA) is 19.0 Å². The normalized spacial score (nSPS) is 11.3. The van der Waals surface area contributed by atoms with Crippen molar-refractivity contribution in [2.24, 2.45) is 7.05 Å². The van der Waals surface area contributed by atoms with Crippen LogP contribution in [-0.4, -0.2) is 4.57 Å². The van der Waals surface area contributed by atoms with Crippen molar-refractivity contribution < 1.29 is 32.7 Å². The number of aromatic nitrogens is 2. The summed E-state index contributed by atoms with van der Waals surface area (Å²) in [5, 5.41) is 4.15. The maximum Gasteiger partial charge on any atom is 0.0563 e. The molecule has 0 spiro atoms. The van der Waals surface area contributed by atoms with Gasteiger partial charge in [-0.1, -0.05) is 73.0 Å². The van der Waals surface area contributed by atoms with Gasteiger partial charge in [-0.2, -0.15) is 0 Å². The molecule has 0 atom stereocenters. The van der Waals surface area contributed by atoms with Gasteiger partial charge >= 0.3 is 0 Å². The van der Waals surface area contributed by atoms with Gasteiger partial charge in [0.15, 0.2) is 0 Å². The summed E-state index contributed by atoms with van der Waals surface area (Å²) >= 11 is 11.5. The summed E-state index contributed by atoms with van der Waals surface area (Å²) in [6.45, 7) is 0. The van der Waals surface area contributed by atoms with E-state index in [-0.39, 0.29) is 32.7 Å². The molecular weight excluding hydrogens is 433 g/mol. The average Bonchev–Trinajstić information content (AvgIpc) is 2.65. The van der Waals surface area contributed by atoms with E-state index in [1.54, 1.807) is 0 Å². The zero-order valence-corrected chi connectivity index (χ0v) is 18.5. The summed E-state index contributed by atoms with van der Waals surface area (Å²) in [5.41, 5.74) is 4.03. The molecule has 0 amide bonds. The summed E-state index contributed by atoms with van der Waals surface area (Å²) in [6, 6.07) is 20.5. The molecule has 0 unspecified atom stereocenters. The number of hydrogen-bond acceptors (Lipinski definition) is 2. The zero-order valence-electron chi connectivity index (χ0n) is 14.1. The summed E-state index contributed by atoms with van der Waals surface area (Å²) in [4.78, 5) is 4.82. The summed E-state index contributed by atoms with van der Waals surface area (Å²) < 4.78 is 3.90. The second kappa shape index (κ2) is 6.61. The van der Waals surface area contributed by atoms with Crippen LogP contribution < -0.4 is 4.98 Å². The molecule has 2 aromatic heterocycles. The van der Waals surface area contributed by atoms with Gasteiger partial charge in [0, 0.05) is 60.6 Å². The third-order valence-corrected chi connectivity index (χ3v) is 5.74. The number of nitrogens with zero attached hydrogens (tertiary/aromatic N) is 2. The van der Waals surface area contributed by atoms with E-state index in [1.165, 1.54) is 0 Å². The van der Waals surface area contributed by atoms with E-state index >= 15 is 0 Å². The Morgan fingerprint density at radius 3 is 2.15 bits per heavy atom. The van der Waals surface area contributed by atoms with E-state index in [1.807, 2.05) is 36.4 Å². The van der Waals surface area contributed by atoms with Crippen LogP contribution in [0, 0.1) is 9.02 Å². The van der Waals surface area contributed by atoms with E-state index in [2.05, 4.69) is 35.9 Å². The molecule has 0 N–H and O–H groups in total. The van der Waals surface area contributed by atoms with Gasteiger partial charge in [0.05, 0.1) is 10.0 Å². The van der Waals surface area contributed by atoms with Crippen molar-refractivity contribution in [3.63, 3.8) is 0 Å². The van der Waals surface area contributed by atoms with Gasteiger partial charge in [0.25, 0.3) is 0 Å². The van der Waals surface area contributed by atoms with Gasteiger partial charge in [-0.05, 0) is 22.9 Å². The molecule has 1 radical (unpaired) electrons. The SMILES string of the molecule is Cn1c2ccccc2c(=S)c2cc3[n-]c4ccccc4c(=S)c3cc21.[Y]. The number of para-hydroxylation sites is 2. The Balaban J connectivity index is 0.00000168. The standard InChI is InChI=1S/C21H14N2S2.Y/c1-23-18-9-5-3-7-13(18)21(25)15-10-17-14(11-19(15)23)20(24)12-6-2-4-8-16(12)22-17;/h2-11H,1H3,(H,22,24);/p-1. The van der Waals surface area contributed by atoms with Crippen LogP contribution in [-0.2, 0) is 39.8 Å². The number of aryl methyl sites for hydroxylation is 1. The molecule has 0 aliphatic carbocycles. The Hall–Kier alpha value is -1.46. The van der Waals surface area contributed by atoms with Crippen molar-refractivity contribution in [2.75, 3.05) is 0 Å². The Kier molecular flexibility index (Phi) is 4.56. The average molecular weight is 446 g/mol. The first-order valence-electron chi connectivity index (χ1n) is 8.06. The monoisotopic (exact) mass is 446 g/mol. The van der Waals surface area contributed by atoms with Crippen LogP contribution in [0.5, 0.6) is 0 Å². The molecule has 0 aliphatic rings. The van der Waals surface area contributed by atoms with Crippen molar-refractivity contribution in [1.29, 1.82) is 0 Å². The molecule has 3 aromatic carbocycles. The molecule has 0 bridgehead atoms. The molecule has 5 heteroatoms. The minimum absolute atomic E-state index is 0. The fourth-order valence-electron chi connectivity index (χ4n) is 3.58. The summed E-state index contributed by atoms with van der Waals surface area (Å²) in [7, 11) is 2.07. The van der Waals surface area contributed by atoms with Crippen LogP contribution in [0.25, 0.3) is 43.6 Å². The summed E-state index contributed by atoms with van der Waals surface area (Å²) in [6.07, 6.45) is 0. The minimum atomic E-state index is 0. The molecule has 0 saturated heterocycles. The zero-order chi connectivity index (χ0) is 17.1. The van der Waals surface area contributed by atoms with Gasteiger partial charge < -0.3 is 9.55 Å². The fraction of sp³-hybridized carbons (Fsp3) is 0.0476. The third kappa shape index (κ3) is 2.51. The van der Waals surface area contributed by atoms with E-state index in [4.69, 9.17) is 29.4 Å². The van der Waals surface area contributed by atoms with E-state index < -0.39 is 0 Å². The first-order valence-corrected chi connectivity index (χ1v) is 8.88. The van der Waals surface area contributed by atoms with Crippen LogP contribution in [0.3, 0.4) is 0 Å². The van der Waals surface area contributed by atoms with E-state index in [9.17, 15) is 0 Å². The predicted octanol–water partition coefficient (Wildman–Crippen LogP) is 6.05. The largest absolute Gasteiger partial charge is 0.657 e. The molecule has 123 valence electrons. The number of hydrogen-bond donors (Lipinski definition) is 0. The van der Waals surface area contributed by atoms with Crippen molar-refractivity contribution >= 4 is 68.0 Å². The first kappa shape index (κ1) is 17.9. The molecule has 0 fully saturated rings. The van der Waals surface area contributed by atoms with E-state index in [0.29, 0.717) is 0 Å². The Labute approximate surface area is 185 Å². The Morgan fingerprint density at radius 1 is 0.692 bits per heavy atom. The molecule has 5 aromatic rings. The van der Waals surface area contributed by atoms with Crippen LogP contribution in [0.1, 0.15) is 0 Å². The van der Waals surface area contributed by atoms with Crippen molar-refractivity contribution in [2.45, 2.75) is 0 Å². The van der Waals surface area contributed by atoms with Crippen LogP contribution in [0.2, 0.25) is 0 Å². The Morgan fingerprint density at radius 2 is 1.35 bits per heavy atom. The second-order valence-corrected chi connectivity index (χ2v) is 7.07. The molecule has 2 heterocycles. The summed E-state index contributed by atoms with van der Waals surface area (Å²) in [5.74, 6) is 0. The molecular formula is C21H13N2S2Y-.